The van der Waals surface area contributed by atoms with E-state index >= 15 is 0 Å². The number of rotatable bonds is 4. The Bertz CT molecular complexity index is 452. The minimum absolute atomic E-state index is 0.0364. The molecule has 0 saturated carbocycles. The first-order valence-corrected chi connectivity index (χ1v) is 7.10. The van der Waals surface area contributed by atoms with Gasteiger partial charge in [-0.25, -0.2) is 8.42 Å². The van der Waals surface area contributed by atoms with Crippen LogP contribution in [0.3, 0.4) is 0 Å². The average molecular weight is 247 g/mol. The van der Waals surface area contributed by atoms with Gasteiger partial charge in [0.15, 0.2) is 0 Å². The zero-order chi connectivity index (χ0) is 11.5. The predicted molar refractivity (Wildman–Crippen MR) is 58.4 cm³/mol. The summed E-state index contributed by atoms with van der Waals surface area (Å²) in [4.78, 5) is 10.3. The van der Waals surface area contributed by atoms with Gasteiger partial charge in [-0.15, -0.1) is 0 Å². The van der Waals surface area contributed by atoms with Crippen LogP contribution < -0.4 is 0 Å². The van der Waals surface area contributed by atoms with E-state index < -0.39 is 13.8 Å². The maximum Gasteiger partial charge on any atom is 0.269 e. The van der Waals surface area contributed by atoms with E-state index in [1.54, 1.807) is 6.92 Å². The third-order valence-electron chi connectivity index (χ3n) is 1.62. The molecule has 0 N–H and O–H groups in total. The molecule has 1 aromatic carbocycles. The Kier molecular flexibility index (Phi) is 3.70. The molecule has 7 heteroatoms. The minimum Gasteiger partial charge on any atom is -0.258 e. The fourth-order valence-corrected chi connectivity index (χ4v) is 3.05. The molecule has 0 spiro atoms. The Balaban J connectivity index is 2.86. The van der Waals surface area contributed by atoms with Crippen LogP contribution in [0.4, 0.5) is 5.69 Å². The van der Waals surface area contributed by atoms with Gasteiger partial charge in [0.2, 0.25) is 8.87 Å². The van der Waals surface area contributed by atoms with E-state index in [-0.39, 0.29) is 11.4 Å². The number of benzene rings is 1. The molecule has 0 aliphatic heterocycles. The predicted octanol–water partition coefficient (Wildman–Crippen LogP) is 2.04. The number of nitro benzene ring substituents is 1. The Morgan fingerprint density at radius 2 is 1.87 bits per heavy atom. The maximum atomic E-state index is 11.2. The Hall–Kier alpha value is -1.08. The van der Waals surface area contributed by atoms with E-state index in [4.69, 9.17) is 0 Å². The van der Waals surface area contributed by atoms with Gasteiger partial charge < -0.3 is 0 Å². The summed E-state index contributed by atoms with van der Waals surface area (Å²) in [5.41, 5.74) is -0.0479. The van der Waals surface area contributed by atoms with Crippen molar-refractivity contribution in [1.82, 2.24) is 0 Å². The standard InChI is InChI=1S/C8H9NO4S2/c1-2-15(12,13)14-8-5-3-7(4-6-8)9(10)11/h3-6H,2H2,1H3. The molecule has 15 heavy (non-hydrogen) atoms. The van der Waals surface area contributed by atoms with Gasteiger partial charge in [-0.2, -0.15) is 0 Å². The number of hydrogen-bond acceptors (Lipinski definition) is 5. The summed E-state index contributed by atoms with van der Waals surface area (Å²) in [5.74, 6) is 0.0364. The molecule has 1 rings (SSSR count). The molecule has 0 radical (unpaired) electrons. The molecule has 0 bridgehead atoms. The van der Waals surface area contributed by atoms with Crippen molar-refractivity contribution >= 4 is 25.4 Å². The normalized spacial score (nSPS) is 11.3. The molecule has 0 aliphatic rings. The van der Waals surface area contributed by atoms with Crippen LogP contribution in [0.2, 0.25) is 0 Å². The molecule has 0 amide bonds. The Labute approximate surface area is 91.0 Å². The lowest BCUT2D eigenvalue weighted by molar-refractivity contribution is -0.384. The van der Waals surface area contributed by atoms with Crippen LogP contribution in [-0.2, 0) is 8.87 Å². The minimum atomic E-state index is -3.16. The number of non-ortho nitro benzene ring substituents is 1. The first-order valence-electron chi connectivity index (χ1n) is 4.11. The average Bonchev–Trinajstić information content (AvgIpc) is 2.18. The molecule has 0 heterocycles. The van der Waals surface area contributed by atoms with E-state index in [0.717, 1.165) is 0 Å². The first-order chi connectivity index (χ1) is 6.94. The molecule has 1 aromatic rings. The quantitative estimate of drug-likeness (QED) is 0.462. The van der Waals surface area contributed by atoms with E-state index in [0.29, 0.717) is 15.7 Å². The van der Waals surface area contributed by atoms with Gasteiger partial charge in [0.25, 0.3) is 5.69 Å². The van der Waals surface area contributed by atoms with Crippen LogP contribution in [0.5, 0.6) is 0 Å². The third kappa shape index (κ3) is 3.52. The van der Waals surface area contributed by atoms with E-state index in [1.165, 1.54) is 24.3 Å². The lowest BCUT2D eigenvalue weighted by Gasteiger charge is -1.99. The van der Waals surface area contributed by atoms with E-state index in [9.17, 15) is 18.5 Å². The Morgan fingerprint density at radius 3 is 2.27 bits per heavy atom. The van der Waals surface area contributed by atoms with Gasteiger partial charge in [-0.05, 0) is 12.1 Å². The smallest absolute Gasteiger partial charge is 0.258 e. The van der Waals surface area contributed by atoms with Gasteiger partial charge >= 0.3 is 0 Å². The van der Waals surface area contributed by atoms with Crippen molar-refractivity contribution < 1.29 is 13.3 Å². The molecule has 0 atom stereocenters. The van der Waals surface area contributed by atoms with Crippen LogP contribution in [0.15, 0.2) is 29.2 Å². The van der Waals surface area contributed by atoms with Crippen LogP contribution >= 0.6 is 10.8 Å². The highest BCUT2D eigenvalue weighted by Crippen LogP contribution is 2.26. The highest BCUT2D eigenvalue weighted by atomic mass is 33.1. The van der Waals surface area contributed by atoms with Crippen LogP contribution in [-0.4, -0.2) is 19.1 Å². The van der Waals surface area contributed by atoms with Crippen LogP contribution in [0.1, 0.15) is 6.92 Å². The molecular formula is C8H9NO4S2. The third-order valence-corrected chi connectivity index (χ3v) is 5.10. The van der Waals surface area contributed by atoms with Crippen molar-refractivity contribution in [1.29, 1.82) is 0 Å². The molecule has 0 unspecified atom stereocenters. The van der Waals surface area contributed by atoms with Crippen LogP contribution in [0, 0.1) is 10.1 Å². The summed E-state index contributed by atoms with van der Waals surface area (Å²) >= 11 is 0. The summed E-state index contributed by atoms with van der Waals surface area (Å²) in [6, 6.07) is 5.42. The second-order valence-electron chi connectivity index (χ2n) is 2.68. The van der Waals surface area contributed by atoms with Gasteiger partial charge in [-0.1, -0.05) is 6.92 Å². The fourth-order valence-electron chi connectivity index (χ4n) is 0.829. The monoisotopic (exact) mass is 247 g/mol. The van der Waals surface area contributed by atoms with Gasteiger partial charge in [0, 0.05) is 27.8 Å². The van der Waals surface area contributed by atoms with Gasteiger partial charge in [-0.3, -0.25) is 10.1 Å². The molecule has 0 saturated heterocycles. The molecule has 0 aromatic heterocycles. The van der Waals surface area contributed by atoms with Gasteiger partial charge in [0.1, 0.15) is 0 Å². The zero-order valence-electron chi connectivity index (χ0n) is 7.91. The van der Waals surface area contributed by atoms with Crippen molar-refractivity contribution in [3.63, 3.8) is 0 Å². The summed E-state index contributed by atoms with van der Waals surface area (Å²) in [6.45, 7) is 1.55. The summed E-state index contributed by atoms with van der Waals surface area (Å²) in [6.07, 6.45) is 0. The second-order valence-corrected chi connectivity index (χ2v) is 7.04. The highest BCUT2D eigenvalue weighted by Gasteiger charge is 2.11. The van der Waals surface area contributed by atoms with Crippen molar-refractivity contribution in [2.75, 3.05) is 5.75 Å². The van der Waals surface area contributed by atoms with Crippen molar-refractivity contribution in [2.24, 2.45) is 0 Å². The lowest BCUT2D eigenvalue weighted by atomic mass is 10.3. The fraction of sp³-hybridized carbons (Fsp3) is 0.250. The molecule has 82 valence electrons. The SMILES string of the molecule is CCS(=O)(=O)Sc1ccc([N+](=O)[O-])cc1. The topological polar surface area (TPSA) is 77.3 Å². The van der Waals surface area contributed by atoms with Crippen molar-refractivity contribution in [2.45, 2.75) is 11.8 Å². The maximum absolute atomic E-state index is 11.2. The molecule has 0 aliphatic carbocycles. The first kappa shape index (κ1) is 12.0. The summed E-state index contributed by atoms with van der Waals surface area (Å²) in [7, 11) is -2.44. The van der Waals surface area contributed by atoms with E-state index in [1.807, 2.05) is 0 Å². The number of nitro groups is 1. The molecular weight excluding hydrogens is 238 g/mol. The van der Waals surface area contributed by atoms with Crippen molar-refractivity contribution in [3.05, 3.63) is 34.4 Å². The molecule has 0 fully saturated rings. The van der Waals surface area contributed by atoms with Gasteiger partial charge in [0.05, 0.1) is 10.7 Å². The largest absolute Gasteiger partial charge is 0.269 e. The van der Waals surface area contributed by atoms with Crippen molar-refractivity contribution in [3.8, 4) is 0 Å². The summed E-state index contributed by atoms with van der Waals surface area (Å²) < 4.78 is 22.4. The summed E-state index contributed by atoms with van der Waals surface area (Å²) in [5, 5.41) is 10.3. The number of nitrogens with zero attached hydrogens (tertiary/aromatic N) is 1. The molecule has 5 nitrogen and oxygen atoms in total. The second kappa shape index (κ2) is 4.63. The highest BCUT2D eigenvalue weighted by molar-refractivity contribution is 8.72. The lowest BCUT2D eigenvalue weighted by Crippen LogP contribution is -1.96. The number of hydrogen-bond donors (Lipinski definition) is 0. The van der Waals surface area contributed by atoms with Crippen LogP contribution in [0.25, 0.3) is 0 Å². The Morgan fingerprint density at radius 1 is 1.33 bits per heavy atom. The zero-order valence-corrected chi connectivity index (χ0v) is 9.55. The van der Waals surface area contributed by atoms with E-state index in [2.05, 4.69) is 0 Å².